The molecular weight excluding hydrogens is 168 g/mol. The highest BCUT2D eigenvalue weighted by molar-refractivity contribution is 5.90. The monoisotopic (exact) mass is 180 g/mol. The van der Waals surface area contributed by atoms with E-state index in [9.17, 15) is 4.79 Å². The fourth-order valence-corrected chi connectivity index (χ4v) is 0.886. The second-order valence-electron chi connectivity index (χ2n) is 2.72. The summed E-state index contributed by atoms with van der Waals surface area (Å²) >= 11 is 0. The number of aryl methyl sites for hydroxylation is 1. The highest BCUT2D eigenvalue weighted by Crippen LogP contribution is 1.96. The third-order valence-electron chi connectivity index (χ3n) is 1.54. The smallest absolute Gasteiger partial charge is 0.293 e. The summed E-state index contributed by atoms with van der Waals surface area (Å²) in [5, 5.41) is 6.37. The van der Waals surface area contributed by atoms with Crippen molar-refractivity contribution in [3.05, 3.63) is 24.3 Å². The van der Waals surface area contributed by atoms with Gasteiger partial charge in [0.15, 0.2) is 0 Å². The second kappa shape index (κ2) is 3.84. The second-order valence-corrected chi connectivity index (χ2v) is 2.72. The molecule has 0 atom stereocenters. The lowest BCUT2D eigenvalue weighted by Gasteiger charge is -2.11. The SMILES string of the molecule is C=CCN(C)C(=O)c1n[nH]c(C)n1. The highest BCUT2D eigenvalue weighted by Gasteiger charge is 2.14. The molecule has 1 rings (SSSR count). The minimum atomic E-state index is -0.204. The predicted molar refractivity (Wildman–Crippen MR) is 48.3 cm³/mol. The van der Waals surface area contributed by atoms with Gasteiger partial charge in [0.1, 0.15) is 5.82 Å². The van der Waals surface area contributed by atoms with Crippen LogP contribution >= 0.6 is 0 Å². The van der Waals surface area contributed by atoms with E-state index in [0.29, 0.717) is 12.4 Å². The molecule has 0 bridgehead atoms. The Hall–Kier alpha value is -1.65. The minimum absolute atomic E-state index is 0.196. The van der Waals surface area contributed by atoms with Crippen molar-refractivity contribution in [1.82, 2.24) is 20.1 Å². The third-order valence-corrected chi connectivity index (χ3v) is 1.54. The average molecular weight is 180 g/mol. The molecule has 1 amide bonds. The molecule has 0 aliphatic heterocycles. The van der Waals surface area contributed by atoms with Crippen molar-refractivity contribution >= 4 is 5.91 Å². The summed E-state index contributed by atoms with van der Waals surface area (Å²) in [7, 11) is 1.68. The fourth-order valence-electron chi connectivity index (χ4n) is 0.886. The number of aromatic nitrogens is 3. The number of carbonyl (C=O) groups excluding carboxylic acids is 1. The summed E-state index contributed by atoms with van der Waals surface area (Å²) in [4.78, 5) is 16.9. The number of H-pyrrole nitrogens is 1. The molecule has 5 nitrogen and oxygen atoms in total. The van der Waals surface area contributed by atoms with Crippen molar-refractivity contribution in [2.75, 3.05) is 13.6 Å². The summed E-state index contributed by atoms with van der Waals surface area (Å²) in [6.07, 6.45) is 1.65. The molecule has 0 aliphatic carbocycles. The Balaban J connectivity index is 2.73. The molecule has 5 heteroatoms. The summed E-state index contributed by atoms with van der Waals surface area (Å²) in [6, 6.07) is 0. The molecule has 0 fully saturated rings. The molecule has 1 N–H and O–H groups in total. The van der Waals surface area contributed by atoms with E-state index in [1.54, 1.807) is 20.0 Å². The fraction of sp³-hybridized carbons (Fsp3) is 0.375. The van der Waals surface area contributed by atoms with Gasteiger partial charge in [0, 0.05) is 13.6 Å². The predicted octanol–water partition coefficient (Wildman–Crippen LogP) is 0.371. The summed E-state index contributed by atoms with van der Waals surface area (Å²) in [5.41, 5.74) is 0. The van der Waals surface area contributed by atoms with E-state index in [2.05, 4.69) is 21.8 Å². The number of aromatic amines is 1. The van der Waals surface area contributed by atoms with Gasteiger partial charge in [-0.1, -0.05) is 6.08 Å². The maximum Gasteiger partial charge on any atom is 0.293 e. The number of hydrogen-bond donors (Lipinski definition) is 1. The molecule has 13 heavy (non-hydrogen) atoms. The van der Waals surface area contributed by atoms with Crippen LogP contribution in [0.15, 0.2) is 12.7 Å². The Bertz CT molecular complexity index is 318. The van der Waals surface area contributed by atoms with Gasteiger partial charge < -0.3 is 4.90 Å². The zero-order valence-corrected chi connectivity index (χ0v) is 7.74. The van der Waals surface area contributed by atoms with Crippen LogP contribution in [0.5, 0.6) is 0 Å². The van der Waals surface area contributed by atoms with Gasteiger partial charge in [0.05, 0.1) is 0 Å². The molecule has 1 heterocycles. The van der Waals surface area contributed by atoms with E-state index in [1.165, 1.54) is 4.90 Å². The quantitative estimate of drug-likeness (QED) is 0.683. The van der Waals surface area contributed by atoms with Crippen LogP contribution in [0.2, 0.25) is 0 Å². The molecule has 0 saturated carbocycles. The lowest BCUT2D eigenvalue weighted by molar-refractivity contribution is 0.0798. The summed E-state index contributed by atoms with van der Waals surface area (Å²) in [5.74, 6) is 0.626. The summed E-state index contributed by atoms with van der Waals surface area (Å²) in [6.45, 7) is 5.78. The first-order valence-electron chi connectivity index (χ1n) is 3.90. The molecule has 0 aliphatic rings. The zero-order valence-electron chi connectivity index (χ0n) is 7.74. The minimum Gasteiger partial charge on any atom is -0.335 e. The summed E-state index contributed by atoms with van der Waals surface area (Å²) < 4.78 is 0. The van der Waals surface area contributed by atoms with Crippen molar-refractivity contribution in [3.63, 3.8) is 0 Å². The van der Waals surface area contributed by atoms with Gasteiger partial charge in [-0.2, -0.15) is 0 Å². The van der Waals surface area contributed by atoms with Crippen LogP contribution in [-0.4, -0.2) is 39.6 Å². The largest absolute Gasteiger partial charge is 0.335 e. The van der Waals surface area contributed by atoms with Gasteiger partial charge in [0.2, 0.25) is 5.82 Å². The first kappa shape index (κ1) is 9.44. The lowest BCUT2D eigenvalue weighted by Crippen LogP contribution is -2.27. The number of nitrogens with zero attached hydrogens (tertiary/aromatic N) is 3. The van der Waals surface area contributed by atoms with Gasteiger partial charge in [0.25, 0.3) is 5.91 Å². The Morgan fingerprint density at radius 3 is 2.92 bits per heavy atom. The number of likely N-dealkylation sites (N-methyl/N-ethyl adjacent to an activating group) is 1. The molecule has 0 saturated heterocycles. The van der Waals surface area contributed by atoms with E-state index in [0.717, 1.165) is 0 Å². The normalized spacial score (nSPS) is 9.69. The molecule has 70 valence electrons. The maximum absolute atomic E-state index is 11.5. The van der Waals surface area contributed by atoms with Crippen LogP contribution in [-0.2, 0) is 0 Å². The molecule has 1 aromatic rings. The van der Waals surface area contributed by atoms with Crippen LogP contribution < -0.4 is 0 Å². The number of carbonyl (C=O) groups is 1. The number of hydrogen-bond acceptors (Lipinski definition) is 3. The van der Waals surface area contributed by atoms with Crippen LogP contribution in [0.4, 0.5) is 0 Å². The van der Waals surface area contributed by atoms with E-state index in [4.69, 9.17) is 0 Å². The van der Waals surface area contributed by atoms with Crippen molar-refractivity contribution in [2.45, 2.75) is 6.92 Å². The van der Waals surface area contributed by atoms with E-state index < -0.39 is 0 Å². The number of amides is 1. The molecule has 0 radical (unpaired) electrons. The molecule has 1 aromatic heterocycles. The van der Waals surface area contributed by atoms with E-state index in [1.807, 2.05) is 0 Å². The van der Waals surface area contributed by atoms with Gasteiger partial charge in [-0.3, -0.25) is 9.89 Å². The number of nitrogens with one attached hydrogen (secondary N) is 1. The lowest BCUT2D eigenvalue weighted by atomic mass is 10.4. The number of rotatable bonds is 3. The Morgan fingerprint density at radius 1 is 1.77 bits per heavy atom. The van der Waals surface area contributed by atoms with Gasteiger partial charge >= 0.3 is 0 Å². The van der Waals surface area contributed by atoms with Crippen LogP contribution in [0.3, 0.4) is 0 Å². The highest BCUT2D eigenvalue weighted by atomic mass is 16.2. The van der Waals surface area contributed by atoms with Crippen LogP contribution in [0, 0.1) is 6.92 Å². The topological polar surface area (TPSA) is 61.9 Å². The Kier molecular flexibility index (Phi) is 2.79. The van der Waals surface area contributed by atoms with Crippen molar-refractivity contribution in [2.24, 2.45) is 0 Å². The van der Waals surface area contributed by atoms with Crippen LogP contribution in [0.25, 0.3) is 0 Å². The van der Waals surface area contributed by atoms with Crippen molar-refractivity contribution < 1.29 is 4.79 Å². The Labute approximate surface area is 76.5 Å². The average Bonchev–Trinajstić information content (AvgIpc) is 2.51. The molecule has 0 unspecified atom stereocenters. The molecule has 0 aromatic carbocycles. The van der Waals surface area contributed by atoms with Gasteiger partial charge in [-0.15, -0.1) is 11.7 Å². The van der Waals surface area contributed by atoms with Gasteiger partial charge in [-0.25, -0.2) is 4.98 Å². The Morgan fingerprint density at radius 2 is 2.46 bits per heavy atom. The zero-order chi connectivity index (χ0) is 9.84. The molecule has 0 spiro atoms. The van der Waals surface area contributed by atoms with Crippen molar-refractivity contribution in [1.29, 1.82) is 0 Å². The standard InChI is InChI=1S/C8H12N4O/c1-4-5-12(3)8(13)7-9-6(2)10-11-7/h4H,1,5H2,2-3H3,(H,9,10,11). The molecular formula is C8H12N4O. The first-order chi connectivity index (χ1) is 6.15. The van der Waals surface area contributed by atoms with E-state index in [-0.39, 0.29) is 11.7 Å². The third kappa shape index (κ3) is 2.14. The first-order valence-corrected chi connectivity index (χ1v) is 3.90. The van der Waals surface area contributed by atoms with Gasteiger partial charge in [-0.05, 0) is 6.92 Å². The van der Waals surface area contributed by atoms with Crippen molar-refractivity contribution in [3.8, 4) is 0 Å². The maximum atomic E-state index is 11.5. The van der Waals surface area contributed by atoms with E-state index >= 15 is 0 Å². The van der Waals surface area contributed by atoms with Crippen LogP contribution in [0.1, 0.15) is 16.4 Å².